The van der Waals surface area contributed by atoms with Crippen LogP contribution >= 0.6 is 11.8 Å². The molecule has 1 rings (SSSR count). The summed E-state index contributed by atoms with van der Waals surface area (Å²) in [4.78, 5) is 11.3. The molecule has 0 saturated carbocycles. The van der Waals surface area contributed by atoms with E-state index in [0.717, 1.165) is 18.6 Å². The van der Waals surface area contributed by atoms with Crippen molar-refractivity contribution in [3.8, 4) is 0 Å². The molecule has 0 fully saturated rings. The van der Waals surface area contributed by atoms with Gasteiger partial charge in [0, 0.05) is 4.90 Å². The number of primary amides is 1. The Balaban J connectivity index is 2.32. The van der Waals surface area contributed by atoms with Crippen molar-refractivity contribution >= 4 is 17.7 Å². The van der Waals surface area contributed by atoms with Crippen LogP contribution in [-0.2, 0) is 4.79 Å². The highest BCUT2D eigenvalue weighted by atomic mass is 32.2. The second-order valence-corrected chi connectivity index (χ2v) is 5.80. The molecule has 0 bridgehead atoms. The predicted molar refractivity (Wildman–Crippen MR) is 72.7 cm³/mol. The first-order valence-electron chi connectivity index (χ1n) is 5.99. The van der Waals surface area contributed by atoms with Gasteiger partial charge in [-0.05, 0) is 43.7 Å². The Bertz CT molecular complexity index is 452. The minimum Gasteiger partial charge on any atom is -0.368 e. The van der Waals surface area contributed by atoms with Gasteiger partial charge in [-0.3, -0.25) is 4.79 Å². The van der Waals surface area contributed by atoms with Gasteiger partial charge in [-0.1, -0.05) is 6.42 Å². The Morgan fingerprint density at radius 3 is 2.68 bits per heavy atom. The van der Waals surface area contributed by atoms with Crippen LogP contribution in [-0.4, -0.2) is 17.2 Å². The maximum absolute atomic E-state index is 13.3. The summed E-state index contributed by atoms with van der Waals surface area (Å²) >= 11 is 1.25. The van der Waals surface area contributed by atoms with Crippen LogP contribution in [0.25, 0.3) is 0 Å². The van der Waals surface area contributed by atoms with Gasteiger partial charge in [-0.25, -0.2) is 8.78 Å². The molecule has 0 aliphatic heterocycles. The number of rotatable bonds is 7. The molecule has 3 nitrogen and oxygen atoms in total. The molecular weight excluding hydrogens is 270 g/mol. The van der Waals surface area contributed by atoms with E-state index in [-0.39, 0.29) is 0 Å². The van der Waals surface area contributed by atoms with Gasteiger partial charge in [0.05, 0.1) is 5.54 Å². The normalized spacial score (nSPS) is 14.1. The van der Waals surface area contributed by atoms with E-state index in [1.807, 2.05) is 0 Å². The number of benzene rings is 1. The molecule has 0 heterocycles. The minimum absolute atomic E-state index is 0.297. The first-order valence-corrected chi connectivity index (χ1v) is 6.98. The van der Waals surface area contributed by atoms with Crippen molar-refractivity contribution in [1.29, 1.82) is 0 Å². The fourth-order valence-corrected chi connectivity index (χ4v) is 2.46. The Labute approximate surface area is 115 Å². The summed E-state index contributed by atoms with van der Waals surface area (Å²) in [6.07, 6.45) is 1.94. The lowest BCUT2D eigenvalue weighted by atomic mass is 9.96. The Morgan fingerprint density at radius 2 is 2.05 bits per heavy atom. The van der Waals surface area contributed by atoms with Crippen LogP contribution in [0.2, 0.25) is 0 Å². The predicted octanol–water partition coefficient (Wildman–Crippen LogP) is 2.43. The average molecular weight is 288 g/mol. The quantitative estimate of drug-likeness (QED) is 0.598. The van der Waals surface area contributed by atoms with E-state index in [1.165, 1.54) is 17.8 Å². The lowest BCUT2D eigenvalue weighted by Crippen LogP contribution is -2.49. The van der Waals surface area contributed by atoms with Gasteiger partial charge in [-0.15, -0.1) is 11.8 Å². The van der Waals surface area contributed by atoms with E-state index < -0.39 is 23.1 Å². The van der Waals surface area contributed by atoms with Crippen LogP contribution in [0.15, 0.2) is 23.1 Å². The first-order chi connectivity index (χ1) is 8.83. The summed E-state index contributed by atoms with van der Waals surface area (Å²) in [5.74, 6) is -0.773. The van der Waals surface area contributed by atoms with Crippen LogP contribution in [0.4, 0.5) is 8.78 Å². The fourth-order valence-electron chi connectivity index (χ4n) is 1.49. The smallest absolute Gasteiger partial charge is 0.237 e. The number of halogens is 2. The third kappa shape index (κ3) is 5.16. The zero-order chi connectivity index (χ0) is 14.5. The number of unbranched alkanes of at least 4 members (excludes halogenated alkanes) is 1. The summed E-state index contributed by atoms with van der Waals surface area (Å²) in [6, 6.07) is 3.38. The van der Waals surface area contributed by atoms with Crippen LogP contribution in [0, 0.1) is 11.6 Å². The van der Waals surface area contributed by atoms with Crippen molar-refractivity contribution in [1.82, 2.24) is 0 Å². The summed E-state index contributed by atoms with van der Waals surface area (Å²) in [6.45, 7) is 1.59. The monoisotopic (exact) mass is 288 g/mol. The molecule has 4 N–H and O–H groups in total. The molecule has 1 unspecified atom stereocenters. The standard InChI is InChI=1S/C13H18F2N2OS/c1-13(17,12(16)18)6-2-3-7-19-11-8-9(14)4-5-10(11)15/h4-5,8H,2-3,6-7,17H2,1H3,(H2,16,18). The van der Waals surface area contributed by atoms with Crippen molar-refractivity contribution < 1.29 is 13.6 Å². The van der Waals surface area contributed by atoms with Gasteiger partial charge in [0.2, 0.25) is 5.91 Å². The number of thioether (sulfide) groups is 1. The van der Waals surface area contributed by atoms with E-state index in [4.69, 9.17) is 11.5 Å². The van der Waals surface area contributed by atoms with Gasteiger partial charge in [0.15, 0.2) is 0 Å². The summed E-state index contributed by atoms with van der Waals surface area (Å²) in [5.41, 5.74) is 9.85. The van der Waals surface area contributed by atoms with Crippen molar-refractivity contribution in [2.24, 2.45) is 11.5 Å². The van der Waals surface area contributed by atoms with Crippen LogP contribution in [0.5, 0.6) is 0 Å². The van der Waals surface area contributed by atoms with Crippen LogP contribution in [0.1, 0.15) is 26.2 Å². The first kappa shape index (κ1) is 15.9. The van der Waals surface area contributed by atoms with Gasteiger partial charge in [-0.2, -0.15) is 0 Å². The van der Waals surface area contributed by atoms with Gasteiger partial charge in [0.1, 0.15) is 11.6 Å². The van der Waals surface area contributed by atoms with E-state index in [2.05, 4.69) is 0 Å². The SMILES string of the molecule is CC(N)(CCCCSc1cc(F)ccc1F)C(N)=O. The lowest BCUT2D eigenvalue weighted by Gasteiger charge is -2.19. The topological polar surface area (TPSA) is 69.1 Å². The van der Waals surface area contributed by atoms with E-state index in [9.17, 15) is 13.6 Å². The fraction of sp³-hybridized carbons (Fsp3) is 0.462. The molecule has 0 aliphatic carbocycles. The number of carbonyl (C=O) groups excluding carboxylic acids is 1. The third-order valence-electron chi connectivity index (χ3n) is 2.80. The Hall–Kier alpha value is -1.14. The second-order valence-electron chi connectivity index (χ2n) is 4.66. The maximum Gasteiger partial charge on any atom is 0.237 e. The molecule has 19 heavy (non-hydrogen) atoms. The van der Waals surface area contributed by atoms with Gasteiger partial charge >= 0.3 is 0 Å². The highest BCUT2D eigenvalue weighted by Crippen LogP contribution is 2.24. The Morgan fingerprint density at radius 1 is 1.37 bits per heavy atom. The summed E-state index contributed by atoms with van der Waals surface area (Å²) in [7, 11) is 0. The van der Waals surface area contributed by atoms with Crippen molar-refractivity contribution in [2.75, 3.05) is 5.75 Å². The van der Waals surface area contributed by atoms with E-state index in [1.54, 1.807) is 6.92 Å². The largest absolute Gasteiger partial charge is 0.368 e. The molecule has 1 aromatic rings. The molecule has 1 amide bonds. The average Bonchev–Trinajstić information content (AvgIpc) is 2.32. The van der Waals surface area contributed by atoms with Gasteiger partial charge < -0.3 is 11.5 Å². The number of hydrogen-bond donors (Lipinski definition) is 2. The van der Waals surface area contributed by atoms with Crippen LogP contribution in [0.3, 0.4) is 0 Å². The summed E-state index contributed by atoms with van der Waals surface area (Å²) < 4.78 is 26.2. The Kier molecular flexibility index (Phi) is 5.75. The molecule has 0 aromatic heterocycles. The molecular formula is C13H18F2N2OS. The van der Waals surface area contributed by atoms with E-state index >= 15 is 0 Å². The molecule has 6 heteroatoms. The number of amides is 1. The van der Waals surface area contributed by atoms with Crippen molar-refractivity contribution in [3.63, 3.8) is 0 Å². The number of hydrogen-bond acceptors (Lipinski definition) is 3. The van der Waals surface area contributed by atoms with Crippen LogP contribution < -0.4 is 11.5 Å². The third-order valence-corrected chi connectivity index (χ3v) is 3.92. The molecule has 106 valence electrons. The lowest BCUT2D eigenvalue weighted by molar-refractivity contribution is -0.122. The zero-order valence-corrected chi connectivity index (χ0v) is 11.6. The zero-order valence-electron chi connectivity index (χ0n) is 10.8. The maximum atomic E-state index is 13.3. The second kappa shape index (κ2) is 6.86. The highest BCUT2D eigenvalue weighted by molar-refractivity contribution is 7.99. The highest BCUT2D eigenvalue weighted by Gasteiger charge is 2.24. The number of carbonyl (C=O) groups is 1. The molecule has 0 spiro atoms. The van der Waals surface area contributed by atoms with Gasteiger partial charge in [0.25, 0.3) is 0 Å². The van der Waals surface area contributed by atoms with Crippen molar-refractivity contribution in [3.05, 3.63) is 29.8 Å². The molecule has 0 saturated heterocycles. The molecule has 1 aromatic carbocycles. The van der Waals surface area contributed by atoms with E-state index in [0.29, 0.717) is 23.5 Å². The molecule has 0 aliphatic rings. The molecule has 1 atom stereocenters. The minimum atomic E-state index is -1.01. The van der Waals surface area contributed by atoms with Crippen molar-refractivity contribution in [2.45, 2.75) is 36.6 Å². The summed E-state index contributed by atoms with van der Waals surface area (Å²) in [5, 5.41) is 0. The molecule has 0 radical (unpaired) electrons. The number of nitrogens with two attached hydrogens (primary N) is 2.